The fourth-order valence-corrected chi connectivity index (χ4v) is 2.86. The Hall–Kier alpha value is -2.01. The highest BCUT2D eigenvalue weighted by Gasteiger charge is 2.04. The average Bonchev–Trinajstić information content (AvgIpc) is 3.09. The second-order valence-electron chi connectivity index (χ2n) is 5.72. The van der Waals surface area contributed by atoms with Crippen molar-refractivity contribution in [2.45, 2.75) is 6.54 Å². The highest BCUT2D eigenvalue weighted by Crippen LogP contribution is 2.16. The van der Waals surface area contributed by atoms with Gasteiger partial charge in [-0.05, 0) is 52.3 Å². The van der Waals surface area contributed by atoms with Crippen LogP contribution in [0, 0.1) is 0 Å². The third-order valence-electron chi connectivity index (χ3n) is 3.85. The van der Waals surface area contributed by atoms with Crippen LogP contribution >= 0.6 is 39.9 Å². The van der Waals surface area contributed by atoms with Gasteiger partial charge in [0.25, 0.3) is 0 Å². The van der Waals surface area contributed by atoms with Gasteiger partial charge in [-0.3, -0.25) is 4.99 Å². The number of aliphatic imine (C=N–C) groups is 1. The van der Waals surface area contributed by atoms with Gasteiger partial charge in [-0.15, -0.1) is 24.0 Å². The van der Waals surface area contributed by atoms with Gasteiger partial charge in [0.1, 0.15) is 23.8 Å². The van der Waals surface area contributed by atoms with Crippen LogP contribution in [0.1, 0.15) is 5.69 Å². The number of fused-ring (bicyclic) bond motifs is 1. The number of halogens is 2. The largest absolute Gasteiger partial charge is 0.497 e. The smallest absolute Gasteiger partial charge is 0.191 e. The summed E-state index contributed by atoms with van der Waals surface area (Å²) in [4.78, 5) is 8.79. The van der Waals surface area contributed by atoms with Gasteiger partial charge in [0.2, 0.25) is 0 Å². The van der Waals surface area contributed by atoms with Crippen molar-refractivity contribution >= 4 is 51.5 Å². The molecule has 0 aliphatic carbocycles. The minimum atomic E-state index is 0. The first-order valence-electron chi connectivity index (χ1n) is 8.52. The van der Waals surface area contributed by atoms with Gasteiger partial charge in [0.05, 0.1) is 25.9 Å². The lowest BCUT2D eigenvalue weighted by atomic mass is 10.3. The third kappa shape index (κ3) is 6.26. The number of imidazole rings is 1. The van der Waals surface area contributed by atoms with Crippen molar-refractivity contribution in [3.63, 3.8) is 0 Å². The number of benzene rings is 1. The molecule has 0 unspecified atom stereocenters. The van der Waals surface area contributed by atoms with Gasteiger partial charge < -0.3 is 24.5 Å². The minimum absolute atomic E-state index is 0. The van der Waals surface area contributed by atoms with Crippen molar-refractivity contribution in [2.75, 3.05) is 27.3 Å². The first-order valence-corrected chi connectivity index (χ1v) is 9.32. The van der Waals surface area contributed by atoms with Gasteiger partial charge in [-0.1, -0.05) is 0 Å². The average molecular weight is 560 g/mol. The number of hydrogen-bond acceptors (Lipinski definition) is 4. The SMILES string of the molecule is CN=C(NCCOc1ccc(OC)cc1)NCc1cn2cc(Br)ccc2n1.I. The molecule has 0 aliphatic rings. The fourth-order valence-electron chi connectivity index (χ4n) is 2.51. The Kier molecular flexibility index (Phi) is 8.84. The summed E-state index contributed by atoms with van der Waals surface area (Å²) in [5.74, 6) is 2.31. The van der Waals surface area contributed by atoms with Gasteiger partial charge in [-0.2, -0.15) is 0 Å². The van der Waals surface area contributed by atoms with Crippen LogP contribution in [-0.4, -0.2) is 42.7 Å². The molecule has 9 heteroatoms. The Bertz CT molecular complexity index is 914. The highest BCUT2D eigenvalue weighted by atomic mass is 127. The molecule has 1 aromatic carbocycles. The molecular weight excluding hydrogens is 537 g/mol. The van der Waals surface area contributed by atoms with E-state index in [1.807, 2.05) is 53.2 Å². The summed E-state index contributed by atoms with van der Waals surface area (Å²) < 4.78 is 13.8. The van der Waals surface area contributed by atoms with Crippen LogP contribution in [0.2, 0.25) is 0 Å². The van der Waals surface area contributed by atoms with Gasteiger partial charge in [0, 0.05) is 23.9 Å². The normalized spacial score (nSPS) is 11.0. The summed E-state index contributed by atoms with van der Waals surface area (Å²) in [6.07, 6.45) is 3.97. The molecular formula is C19H23BrIN5O2. The summed E-state index contributed by atoms with van der Waals surface area (Å²) in [5, 5.41) is 6.48. The minimum Gasteiger partial charge on any atom is -0.497 e. The summed E-state index contributed by atoms with van der Waals surface area (Å²) in [6.45, 7) is 1.73. The molecule has 0 spiro atoms. The number of methoxy groups -OCH3 is 1. The maximum Gasteiger partial charge on any atom is 0.191 e. The molecule has 2 heterocycles. The number of rotatable bonds is 7. The van der Waals surface area contributed by atoms with E-state index in [1.54, 1.807) is 14.2 Å². The molecule has 7 nitrogen and oxygen atoms in total. The van der Waals surface area contributed by atoms with E-state index in [1.165, 1.54) is 0 Å². The van der Waals surface area contributed by atoms with Crippen molar-refractivity contribution in [3.8, 4) is 11.5 Å². The molecule has 0 radical (unpaired) electrons. The Morgan fingerprint density at radius 2 is 1.86 bits per heavy atom. The van der Waals surface area contributed by atoms with Gasteiger partial charge >= 0.3 is 0 Å². The number of aromatic nitrogens is 2. The molecule has 0 saturated carbocycles. The number of nitrogens with zero attached hydrogens (tertiary/aromatic N) is 3. The van der Waals surface area contributed by atoms with E-state index >= 15 is 0 Å². The van der Waals surface area contributed by atoms with E-state index < -0.39 is 0 Å². The first kappa shape index (κ1) is 22.3. The second-order valence-corrected chi connectivity index (χ2v) is 6.64. The first-order chi connectivity index (χ1) is 13.2. The molecule has 150 valence electrons. The molecule has 0 atom stereocenters. The van der Waals surface area contributed by atoms with E-state index in [0.717, 1.165) is 27.3 Å². The van der Waals surface area contributed by atoms with Crippen LogP contribution in [0.5, 0.6) is 11.5 Å². The predicted octanol–water partition coefficient (Wildman–Crippen LogP) is 3.47. The predicted molar refractivity (Wildman–Crippen MR) is 125 cm³/mol. The number of guanidine groups is 1. The Morgan fingerprint density at radius 1 is 1.11 bits per heavy atom. The quantitative estimate of drug-likeness (QED) is 0.201. The fraction of sp³-hybridized carbons (Fsp3) is 0.263. The Morgan fingerprint density at radius 3 is 2.57 bits per heavy atom. The van der Waals surface area contributed by atoms with E-state index in [9.17, 15) is 0 Å². The van der Waals surface area contributed by atoms with Crippen LogP contribution in [0.4, 0.5) is 0 Å². The Balaban J connectivity index is 0.00000280. The molecule has 2 aromatic heterocycles. The van der Waals surface area contributed by atoms with E-state index in [2.05, 4.69) is 36.5 Å². The number of hydrogen-bond donors (Lipinski definition) is 2. The second kappa shape index (κ2) is 11.1. The molecule has 0 saturated heterocycles. The van der Waals surface area contributed by atoms with Gasteiger partial charge in [0.15, 0.2) is 5.96 Å². The number of nitrogens with one attached hydrogen (secondary N) is 2. The molecule has 3 aromatic rings. The topological polar surface area (TPSA) is 72.2 Å². The van der Waals surface area contributed by atoms with Crippen LogP contribution in [0.15, 0.2) is 58.3 Å². The summed E-state index contributed by atoms with van der Waals surface area (Å²) in [7, 11) is 3.38. The maximum atomic E-state index is 5.69. The molecule has 0 amide bonds. The summed E-state index contributed by atoms with van der Waals surface area (Å²) in [6, 6.07) is 11.5. The van der Waals surface area contributed by atoms with Crippen molar-refractivity contribution in [1.29, 1.82) is 0 Å². The van der Waals surface area contributed by atoms with Crippen molar-refractivity contribution in [3.05, 3.63) is 59.0 Å². The maximum absolute atomic E-state index is 5.69. The number of pyridine rings is 1. The standard InChI is InChI=1S/C19H22BrN5O2.HI/c1-21-19(22-9-10-27-17-6-4-16(26-2)5-7-17)23-11-15-13-25-12-14(20)3-8-18(25)24-15;/h3-8,12-13H,9-11H2,1-2H3,(H2,21,22,23);1H. The van der Waals surface area contributed by atoms with E-state index in [0.29, 0.717) is 25.7 Å². The van der Waals surface area contributed by atoms with Crippen LogP contribution in [-0.2, 0) is 6.54 Å². The molecule has 0 fully saturated rings. The molecule has 28 heavy (non-hydrogen) atoms. The Labute approximate surface area is 189 Å². The molecule has 0 aliphatic heterocycles. The summed E-state index contributed by atoms with van der Waals surface area (Å²) in [5.41, 5.74) is 1.84. The van der Waals surface area contributed by atoms with Crippen molar-refractivity contribution in [1.82, 2.24) is 20.0 Å². The number of ether oxygens (including phenoxy) is 2. The summed E-state index contributed by atoms with van der Waals surface area (Å²) >= 11 is 3.46. The molecule has 0 bridgehead atoms. The molecule has 3 rings (SSSR count). The van der Waals surface area contributed by atoms with E-state index in [4.69, 9.17) is 9.47 Å². The lowest BCUT2D eigenvalue weighted by molar-refractivity contribution is 0.321. The lowest BCUT2D eigenvalue weighted by Crippen LogP contribution is -2.38. The van der Waals surface area contributed by atoms with Crippen molar-refractivity contribution < 1.29 is 9.47 Å². The zero-order valence-electron chi connectivity index (χ0n) is 15.7. The third-order valence-corrected chi connectivity index (χ3v) is 4.32. The highest BCUT2D eigenvalue weighted by molar-refractivity contribution is 14.0. The zero-order chi connectivity index (χ0) is 19.1. The zero-order valence-corrected chi connectivity index (χ0v) is 19.6. The van der Waals surface area contributed by atoms with Gasteiger partial charge in [-0.25, -0.2) is 4.98 Å². The van der Waals surface area contributed by atoms with Crippen LogP contribution in [0.25, 0.3) is 5.65 Å². The van der Waals surface area contributed by atoms with E-state index in [-0.39, 0.29) is 24.0 Å². The molecule has 2 N–H and O–H groups in total. The van der Waals surface area contributed by atoms with Crippen molar-refractivity contribution in [2.24, 2.45) is 4.99 Å². The van der Waals surface area contributed by atoms with Crippen LogP contribution in [0.3, 0.4) is 0 Å². The monoisotopic (exact) mass is 559 g/mol. The lowest BCUT2D eigenvalue weighted by Gasteiger charge is -2.12. The van der Waals surface area contributed by atoms with Crippen LogP contribution < -0.4 is 20.1 Å².